The van der Waals surface area contributed by atoms with Gasteiger partial charge in [0.1, 0.15) is 0 Å². The van der Waals surface area contributed by atoms with Crippen LogP contribution in [-0.2, 0) is 4.79 Å². The lowest BCUT2D eigenvalue weighted by Gasteiger charge is -2.08. The molecule has 0 aliphatic heterocycles. The lowest BCUT2D eigenvalue weighted by atomic mass is 10.3. The summed E-state index contributed by atoms with van der Waals surface area (Å²) in [6.45, 7) is 1.83. The number of hydrogen-bond acceptors (Lipinski definition) is 5. The minimum Gasteiger partial charge on any atom is -0.333 e. The zero-order valence-electron chi connectivity index (χ0n) is 11.0. The normalized spacial score (nSPS) is 12.5. The van der Waals surface area contributed by atoms with Gasteiger partial charge in [-0.15, -0.1) is 11.3 Å². The van der Waals surface area contributed by atoms with E-state index in [4.69, 9.17) is 11.6 Å². The molecule has 3 aromatic rings. The monoisotopic (exact) mass is 338 g/mol. The van der Waals surface area contributed by atoms with Crippen LogP contribution in [-0.4, -0.2) is 26.1 Å². The van der Waals surface area contributed by atoms with Crippen LogP contribution in [0.1, 0.15) is 6.92 Å². The molecule has 8 heteroatoms. The fourth-order valence-corrected chi connectivity index (χ4v) is 3.25. The van der Waals surface area contributed by atoms with Crippen LogP contribution in [0.15, 0.2) is 34.9 Å². The second-order valence-corrected chi connectivity index (χ2v) is 6.95. The lowest BCUT2D eigenvalue weighted by Crippen LogP contribution is -2.22. The zero-order chi connectivity index (χ0) is 14.8. The van der Waals surface area contributed by atoms with E-state index in [2.05, 4.69) is 20.3 Å². The highest BCUT2D eigenvalue weighted by Crippen LogP contribution is 2.26. The van der Waals surface area contributed by atoms with E-state index in [0.29, 0.717) is 15.3 Å². The summed E-state index contributed by atoms with van der Waals surface area (Å²) in [6, 6.07) is 5.45. The number of thiazole rings is 1. The van der Waals surface area contributed by atoms with Crippen molar-refractivity contribution in [1.29, 1.82) is 0 Å². The van der Waals surface area contributed by atoms with Crippen LogP contribution in [0.3, 0.4) is 0 Å². The Labute approximate surface area is 134 Å². The fourth-order valence-electron chi connectivity index (χ4n) is 1.73. The van der Waals surface area contributed by atoms with E-state index in [1.165, 1.54) is 23.1 Å². The van der Waals surface area contributed by atoms with Crippen molar-refractivity contribution in [3.8, 4) is 0 Å². The third-order valence-corrected chi connectivity index (χ3v) is 4.65. The van der Waals surface area contributed by atoms with Gasteiger partial charge in [-0.25, -0.2) is 9.97 Å². The number of nitrogens with one attached hydrogen (secondary N) is 2. The molecule has 0 aliphatic rings. The Morgan fingerprint density at radius 1 is 1.52 bits per heavy atom. The number of aromatic amines is 1. The Morgan fingerprint density at radius 2 is 2.38 bits per heavy atom. The van der Waals surface area contributed by atoms with Crippen molar-refractivity contribution in [2.45, 2.75) is 17.3 Å². The average Bonchev–Trinajstić information content (AvgIpc) is 3.07. The molecule has 2 aromatic heterocycles. The number of benzene rings is 1. The average molecular weight is 339 g/mol. The highest BCUT2D eigenvalue weighted by atomic mass is 35.5. The third kappa shape index (κ3) is 3.37. The Hall–Kier alpha value is -1.57. The molecule has 0 unspecified atom stereocenters. The Morgan fingerprint density at radius 3 is 3.14 bits per heavy atom. The summed E-state index contributed by atoms with van der Waals surface area (Å²) in [4.78, 5) is 23.7. The molecule has 0 spiro atoms. The van der Waals surface area contributed by atoms with E-state index in [0.717, 1.165) is 11.0 Å². The van der Waals surface area contributed by atoms with Crippen LogP contribution in [0, 0.1) is 0 Å². The van der Waals surface area contributed by atoms with Gasteiger partial charge in [0.25, 0.3) is 0 Å². The number of H-pyrrole nitrogens is 1. The molecular formula is C13H11ClN4OS2. The first-order chi connectivity index (χ1) is 10.1. The van der Waals surface area contributed by atoms with Gasteiger partial charge in [-0.2, -0.15) is 0 Å². The molecule has 2 N–H and O–H groups in total. The number of thioether (sulfide) groups is 1. The Bertz CT molecular complexity index is 772. The SMILES string of the molecule is C[C@@H](Sc1nc2ccc(Cl)cc2[nH]1)C(=O)Nc1nccs1. The second kappa shape index (κ2) is 6.05. The van der Waals surface area contributed by atoms with Crippen LogP contribution >= 0.6 is 34.7 Å². The minimum absolute atomic E-state index is 0.103. The van der Waals surface area contributed by atoms with Crippen molar-refractivity contribution in [2.24, 2.45) is 0 Å². The molecule has 1 amide bonds. The smallest absolute Gasteiger partial charge is 0.239 e. The van der Waals surface area contributed by atoms with Gasteiger partial charge >= 0.3 is 0 Å². The summed E-state index contributed by atoms with van der Waals surface area (Å²) in [6.07, 6.45) is 1.65. The molecule has 5 nitrogen and oxygen atoms in total. The van der Waals surface area contributed by atoms with Crippen LogP contribution in [0.4, 0.5) is 5.13 Å². The third-order valence-electron chi connectivity index (χ3n) is 2.74. The molecule has 0 saturated heterocycles. The largest absolute Gasteiger partial charge is 0.333 e. The van der Waals surface area contributed by atoms with Gasteiger partial charge in [-0.05, 0) is 25.1 Å². The molecular weight excluding hydrogens is 328 g/mol. The van der Waals surface area contributed by atoms with Crippen molar-refractivity contribution in [3.63, 3.8) is 0 Å². The second-order valence-electron chi connectivity index (χ2n) is 4.29. The number of anilines is 1. The molecule has 108 valence electrons. The van der Waals surface area contributed by atoms with E-state index < -0.39 is 0 Å². The van der Waals surface area contributed by atoms with Crippen LogP contribution < -0.4 is 5.32 Å². The van der Waals surface area contributed by atoms with E-state index >= 15 is 0 Å². The highest BCUT2D eigenvalue weighted by Gasteiger charge is 2.17. The van der Waals surface area contributed by atoms with Crippen LogP contribution in [0.2, 0.25) is 5.02 Å². The zero-order valence-corrected chi connectivity index (χ0v) is 13.4. The standard InChI is InChI=1S/C13H11ClN4OS2/c1-7(11(19)18-12-15-4-5-20-12)21-13-16-9-3-2-8(14)6-10(9)17-13/h2-7H,1H3,(H,16,17)(H,15,18,19)/t7-/m1/s1. The summed E-state index contributed by atoms with van der Waals surface area (Å²) < 4.78 is 0. The number of carbonyl (C=O) groups excluding carboxylic acids is 1. The summed E-state index contributed by atoms with van der Waals surface area (Å²) in [5, 5.41) is 6.24. The number of amides is 1. The highest BCUT2D eigenvalue weighted by molar-refractivity contribution is 8.00. The van der Waals surface area contributed by atoms with E-state index in [9.17, 15) is 4.79 Å². The van der Waals surface area contributed by atoms with Crippen molar-refractivity contribution in [3.05, 3.63) is 34.8 Å². The molecule has 0 radical (unpaired) electrons. The quantitative estimate of drug-likeness (QED) is 0.710. The number of halogens is 1. The summed E-state index contributed by atoms with van der Waals surface area (Å²) in [5.41, 5.74) is 1.69. The van der Waals surface area contributed by atoms with Crippen molar-refractivity contribution >= 4 is 56.8 Å². The van der Waals surface area contributed by atoms with Gasteiger partial charge in [0, 0.05) is 16.6 Å². The predicted octanol–water partition coefficient (Wildman–Crippen LogP) is 3.79. The number of nitrogens with zero attached hydrogens (tertiary/aromatic N) is 2. The lowest BCUT2D eigenvalue weighted by molar-refractivity contribution is -0.115. The van der Waals surface area contributed by atoms with Gasteiger partial charge in [-0.1, -0.05) is 23.4 Å². The topological polar surface area (TPSA) is 70.7 Å². The van der Waals surface area contributed by atoms with Crippen LogP contribution in [0.5, 0.6) is 0 Å². The summed E-state index contributed by atoms with van der Waals surface area (Å²) in [7, 11) is 0. The van der Waals surface area contributed by atoms with Gasteiger partial charge < -0.3 is 10.3 Å². The molecule has 0 aliphatic carbocycles. The van der Waals surface area contributed by atoms with Crippen LogP contribution in [0.25, 0.3) is 11.0 Å². The molecule has 21 heavy (non-hydrogen) atoms. The molecule has 0 fully saturated rings. The molecule has 3 rings (SSSR count). The Balaban J connectivity index is 1.70. The van der Waals surface area contributed by atoms with Crippen molar-refractivity contribution < 1.29 is 4.79 Å². The number of hydrogen-bond donors (Lipinski definition) is 2. The number of imidazole rings is 1. The minimum atomic E-state index is -0.287. The first-order valence-electron chi connectivity index (χ1n) is 6.14. The van der Waals surface area contributed by atoms with Crippen molar-refractivity contribution in [2.75, 3.05) is 5.32 Å². The Kier molecular flexibility index (Phi) is 4.14. The first-order valence-corrected chi connectivity index (χ1v) is 8.28. The van der Waals surface area contributed by atoms with E-state index in [-0.39, 0.29) is 11.2 Å². The van der Waals surface area contributed by atoms with E-state index in [1.807, 2.05) is 24.4 Å². The number of fused-ring (bicyclic) bond motifs is 1. The van der Waals surface area contributed by atoms with Gasteiger partial charge in [0.15, 0.2) is 10.3 Å². The molecule has 1 atom stereocenters. The molecule has 0 bridgehead atoms. The number of rotatable bonds is 4. The maximum Gasteiger partial charge on any atom is 0.239 e. The van der Waals surface area contributed by atoms with E-state index in [1.54, 1.807) is 12.3 Å². The van der Waals surface area contributed by atoms with Gasteiger partial charge in [-0.3, -0.25) is 4.79 Å². The maximum absolute atomic E-state index is 12.1. The fraction of sp³-hybridized carbons (Fsp3) is 0.154. The number of aromatic nitrogens is 3. The predicted molar refractivity (Wildman–Crippen MR) is 87.2 cm³/mol. The van der Waals surface area contributed by atoms with Gasteiger partial charge in [0.2, 0.25) is 5.91 Å². The van der Waals surface area contributed by atoms with Crippen molar-refractivity contribution in [1.82, 2.24) is 15.0 Å². The molecule has 0 saturated carbocycles. The molecule has 2 heterocycles. The summed E-state index contributed by atoms with van der Waals surface area (Å²) >= 11 is 8.69. The molecule has 1 aromatic carbocycles. The summed E-state index contributed by atoms with van der Waals surface area (Å²) in [5.74, 6) is -0.103. The number of carbonyl (C=O) groups is 1. The maximum atomic E-state index is 12.1. The van der Waals surface area contributed by atoms with Gasteiger partial charge in [0.05, 0.1) is 16.3 Å². The first kappa shape index (κ1) is 14.4.